The van der Waals surface area contributed by atoms with Crippen LogP contribution in [0.25, 0.3) is 10.9 Å². The molecule has 0 fully saturated rings. The van der Waals surface area contributed by atoms with Gasteiger partial charge in [-0.25, -0.2) is 0 Å². The number of fused-ring (bicyclic) bond motifs is 1. The van der Waals surface area contributed by atoms with Gasteiger partial charge < -0.3 is 10.1 Å². The van der Waals surface area contributed by atoms with Crippen molar-refractivity contribution in [1.29, 1.82) is 0 Å². The van der Waals surface area contributed by atoms with E-state index in [0.717, 1.165) is 21.1 Å². The zero-order chi connectivity index (χ0) is 8.55. The largest absolute Gasteiger partial charge is 0.390 e. The van der Waals surface area contributed by atoms with Gasteiger partial charge in [0.15, 0.2) is 0 Å². The molecule has 0 saturated heterocycles. The lowest BCUT2D eigenvalue weighted by Gasteiger charge is -1.89. The Bertz CT molecular complexity index is 408. The van der Waals surface area contributed by atoms with E-state index in [-0.39, 0.29) is 6.61 Å². The van der Waals surface area contributed by atoms with Gasteiger partial charge in [0.05, 0.1) is 6.61 Å². The number of aliphatic hydroxyl groups excluding tert-OH is 1. The molecular weight excluding hydrogens is 218 g/mol. The summed E-state index contributed by atoms with van der Waals surface area (Å²) in [6.45, 7) is 0.0618. The second-order valence-corrected chi connectivity index (χ2v) is 3.60. The van der Waals surface area contributed by atoms with Gasteiger partial charge in [0.25, 0.3) is 0 Å². The monoisotopic (exact) mass is 225 g/mol. The number of aliphatic hydroxyl groups is 1. The molecule has 2 nitrogen and oxygen atoms in total. The van der Waals surface area contributed by atoms with Gasteiger partial charge in [-0.3, -0.25) is 0 Å². The predicted octanol–water partition coefficient (Wildman–Crippen LogP) is 2.42. The van der Waals surface area contributed by atoms with E-state index >= 15 is 0 Å². The maximum absolute atomic E-state index is 8.86. The fourth-order valence-electron chi connectivity index (χ4n) is 1.24. The summed E-state index contributed by atoms with van der Waals surface area (Å²) in [5.41, 5.74) is 1.90. The standard InChI is InChI=1S/C9H8BrNO/c10-7-2-1-6-3-8(5-12)11-9(6)4-7/h1-4,11-12H,5H2. The zero-order valence-electron chi connectivity index (χ0n) is 6.34. The minimum atomic E-state index is 0.0618. The first-order chi connectivity index (χ1) is 5.79. The van der Waals surface area contributed by atoms with Crippen molar-refractivity contribution in [3.05, 3.63) is 34.4 Å². The molecule has 1 aromatic carbocycles. The third-order valence-corrected chi connectivity index (χ3v) is 2.30. The van der Waals surface area contributed by atoms with E-state index in [2.05, 4.69) is 20.9 Å². The molecule has 0 radical (unpaired) electrons. The molecule has 1 aromatic heterocycles. The molecule has 0 amide bonds. The lowest BCUT2D eigenvalue weighted by atomic mass is 10.2. The Morgan fingerprint density at radius 2 is 2.17 bits per heavy atom. The number of hydrogen-bond acceptors (Lipinski definition) is 1. The van der Waals surface area contributed by atoms with Gasteiger partial charge >= 0.3 is 0 Å². The summed E-state index contributed by atoms with van der Waals surface area (Å²) in [7, 11) is 0. The van der Waals surface area contributed by atoms with Gasteiger partial charge in [-0.1, -0.05) is 22.0 Å². The summed E-state index contributed by atoms with van der Waals surface area (Å²) in [5.74, 6) is 0. The first-order valence-corrected chi connectivity index (χ1v) is 4.47. The lowest BCUT2D eigenvalue weighted by molar-refractivity contribution is 0.278. The number of aromatic amines is 1. The van der Waals surface area contributed by atoms with Crippen molar-refractivity contribution in [2.75, 3.05) is 0 Å². The first-order valence-electron chi connectivity index (χ1n) is 3.67. The average molecular weight is 226 g/mol. The molecule has 2 aromatic rings. The van der Waals surface area contributed by atoms with E-state index in [9.17, 15) is 0 Å². The fraction of sp³-hybridized carbons (Fsp3) is 0.111. The van der Waals surface area contributed by atoms with Gasteiger partial charge in [-0.05, 0) is 23.6 Å². The topological polar surface area (TPSA) is 36.0 Å². The van der Waals surface area contributed by atoms with Gasteiger partial charge in [0.2, 0.25) is 0 Å². The zero-order valence-corrected chi connectivity index (χ0v) is 7.93. The molecule has 3 heteroatoms. The van der Waals surface area contributed by atoms with Gasteiger partial charge in [0, 0.05) is 15.7 Å². The third kappa shape index (κ3) is 1.26. The average Bonchev–Trinajstić information content (AvgIpc) is 2.46. The Morgan fingerprint density at radius 3 is 2.92 bits per heavy atom. The van der Waals surface area contributed by atoms with E-state index in [0.29, 0.717) is 0 Å². The van der Waals surface area contributed by atoms with Crippen LogP contribution in [0, 0.1) is 0 Å². The van der Waals surface area contributed by atoms with E-state index < -0.39 is 0 Å². The Labute approximate surface area is 78.3 Å². The maximum atomic E-state index is 8.86. The summed E-state index contributed by atoms with van der Waals surface area (Å²) in [6, 6.07) is 7.93. The number of H-pyrrole nitrogens is 1. The molecule has 0 unspecified atom stereocenters. The maximum Gasteiger partial charge on any atom is 0.0831 e. The SMILES string of the molecule is OCc1cc2ccc(Br)cc2[nH]1. The Morgan fingerprint density at radius 1 is 1.33 bits per heavy atom. The highest BCUT2D eigenvalue weighted by atomic mass is 79.9. The minimum Gasteiger partial charge on any atom is -0.390 e. The third-order valence-electron chi connectivity index (χ3n) is 1.81. The molecule has 2 N–H and O–H groups in total. The molecule has 0 saturated carbocycles. The molecule has 0 aliphatic carbocycles. The normalized spacial score (nSPS) is 10.8. The Balaban J connectivity index is 2.67. The van der Waals surface area contributed by atoms with Crippen molar-refractivity contribution < 1.29 is 5.11 Å². The number of hydrogen-bond donors (Lipinski definition) is 2. The predicted molar refractivity (Wildman–Crippen MR) is 51.9 cm³/mol. The molecule has 0 spiro atoms. The van der Waals surface area contributed by atoms with Crippen LogP contribution < -0.4 is 0 Å². The number of halogens is 1. The van der Waals surface area contributed by atoms with E-state index in [1.54, 1.807) is 0 Å². The summed E-state index contributed by atoms with van der Waals surface area (Å²) in [5, 5.41) is 9.99. The first kappa shape index (κ1) is 7.83. The molecular formula is C9H8BrNO. The quantitative estimate of drug-likeness (QED) is 0.769. The van der Waals surface area contributed by atoms with Crippen molar-refractivity contribution in [2.45, 2.75) is 6.61 Å². The molecule has 0 aliphatic rings. The summed E-state index contributed by atoms with van der Waals surface area (Å²) >= 11 is 3.38. The molecule has 0 atom stereocenters. The van der Waals surface area contributed by atoms with Crippen molar-refractivity contribution in [2.24, 2.45) is 0 Å². The van der Waals surface area contributed by atoms with Crippen molar-refractivity contribution in [1.82, 2.24) is 4.98 Å². The molecule has 12 heavy (non-hydrogen) atoms. The number of aromatic nitrogens is 1. The van der Waals surface area contributed by atoms with Crippen LogP contribution in [0.1, 0.15) is 5.69 Å². The molecule has 0 bridgehead atoms. The summed E-state index contributed by atoms with van der Waals surface area (Å²) in [6.07, 6.45) is 0. The van der Waals surface area contributed by atoms with Crippen LogP contribution in [0.5, 0.6) is 0 Å². The van der Waals surface area contributed by atoms with Crippen LogP contribution in [0.15, 0.2) is 28.7 Å². The van der Waals surface area contributed by atoms with Crippen LogP contribution in [-0.4, -0.2) is 10.1 Å². The number of benzene rings is 1. The second-order valence-electron chi connectivity index (χ2n) is 2.68. The van der Waals surface area contributed by atoms with Crippen LogP contribution >= 0.6 is 15.9 Å². The molecule has 1 heterocycles. The highest BCUT2D eigenvalue weighted by molar-refractivity contribution is 9.10. The highest BCUT2D eigenvalue weighted by Gasteiger charge is 1.98. The van der Waals surface area contributed by atoms with Crippen molar-refractivity contribution in [3.8, 4) is 0 Å². The van der Waals surface area contributed by atoms with Crippen LogP contribution in [-0.2, 0) is 6.61 Å². The molecule has 2 rings (SSSR count). The van der Waals surface area contributed by atoms with Gasteiger partial charge in [-0.2, -0.15) is 0 Å². The Kier molecular flexibility index (Phi) is 1.90. The second kappa shape index (κ2) is 2.92. The molecule has 62 valence electrons. The van der Waals surface area contributed by atoms with Gasteiger partial charge in [0.1, 0.15) is 0 Å². The van der Waals surface area contributed by atoms with E-state index in [1.165, 1.54) is 0 Å². The number of nitrogens with one attached hydrogen (secondary N) is 1. The number of rotatable bonds is 1. The lowest BCUT2D eigenvalue weighted by Crippen LogP contribution is -1.78. The molecule has 0 aliphatic heterocycles. The highest BCUT2D eigenvalue weighted by Crippen LogP contribution is 2.20. The minimum absolute atomic E-state index is 0.0618. The Hall–Kier alpha value is -0.800. The van der Waals surface area contributed by atoms with E-state index in [1.807, 2.05) is 24.3 Å². The smallest absolute Gasteiger partial charge is 0.0831 e. The summed E-state index contributed by atoms with van der Waals surface area (Å²) < 4.78 is 1.04. The van der Waals surface area contributed by atoms with E-state index in [4.69, 9.17) is 5.11 Å². The fourth-order valence-corrected chi connectivity index (χ4v) is 1.61. The van der Waals surface area contributed by atoms with Crippen LogP contribution in [0.3, 0.4) is 0 Å². The van der Waals surface area contributed by atoms with Crippen LogP contribution in [0.2, 0.25) is 0 Å². The van der Waals surface area contributed by atoms with Crippen molar-refractivity contribution in [3.63, 3.8) is 0 Å². The van der Waals surface area contributed by atoms with Gasteiger partial charge in [-0.15, -0.1) is 0 Å². The van der Waals surface area contributed by atoms with Crippen molar-refractivity contribution >= 4 is 26.8 Å². The summed E-state index contributed by atoms with van der Waals surface area (Å²) in [4.78, 5) is 3.11. The van der Waals surface area contributed by atoms with Crippen LogP contribution in [0.4, 0.5) is 0 Å².